The number of piperidine rings is 1. The zero-order valence-electron chi connectivity index (χ0n) is 10.5. The molecule has 1 aromatic heterocycles. The van der Waals surface area contributed by atoms with E-state index in [1.54, 1.807) is 6.20 Å². The number of hydrogen-bond acceptors (Lipinski definition) is 3. The van der Waals surface area contributed by atoms with Gasteiger partial charge in [-0.15, -0.1) is 0 Å². The molecule has 92 valence electrons. The van der Waals surface area contributed by atoms with E-state index in [9.17, 15) is 4.79 Å². The van der Waals surface area contributed by atoms with Crippen LogP contribution in [0.25, 0.3) is 0 Å². The lowest BCUT2D eigenvalue weighted by atomic mass is 10.0. The van der Waals surface area contributed by atoms with Gasteiger partial charge in [-0.05, 0) is 32.3 Å². The van der Waals surface area contributed by atoms with Gasteiger partial charge in [-0.2, -0.15) is 0 Å². The van der Waals surface area contributed by atoms with E-state index in [0.29, 0.717) is 6.42 Å². The van der Waals surface area contributed by atoms with Crippen molar-refractivity contribution in [3.63, 3.8) is 0 Å². The van der Waals surface area contributed by atoms with Crippen molar-refractivity contribution in [3.05, 3.63) is 23.8 Å². The molecule has 0 aliphatic carbocycles. The summed E-state index contributed by atoms with van der Waals surface area (Å²) in [5.74, 6) is 1.01. The molecular formula is C13H19N3O. The van der Waals surface area contributed by atoms with Crippen LogP contribution in [-0.2, 0) is 4.79 Å². The molecule has 4 heteroatoms. The number of hydrogen-bond donors (Lipinski definition) is 0. The largest absolute Gasteiger partial charge is 0.332 e. The molecule has 2 rings (SSSR count). The van der Waals surface area contributed by atoms with Crippen LogP contribution in [0.2, 0.25) is 0 Å². The van der Waals surface area contributed by atoms with Crippen molar-refractivity contribution in [2.75, 3.05) is 6.54 Å². The van der Waals surface area contributed by atoms with Crippen molar-refractivity contribution in [1.82, 2.24) is 14.9 Å². The maximum atomic E-state index is 11.9. The second-order valence-electron chi connectivity index (χ2n) is 4.51. The van der Waals surface area contributed by atoms with Crippen molar-refractivity contribution in [2.24, 2.45) is 0 Å². The first kappa shape index (κ1) is 12.0. The lowest BCUT2D eigenvalue weighted by molar-refractivity contribution is -0.134. The van der Waals surface area contributed by atoms with E-state index >= 15 is 0 Å². The number of nitrogens with zero attached hydrogens (tertiary/aromatic N) is 3. The van der Waals surface area contributed by atoms with Crippen molar-refractivity contribution in [2.45, 2.75) is 45.6 Å². The average molecular weight is 233 g/mol. The maximum Gasteiger partial charge on any atom is 0.222 e. The Bertz CT molecular complexity index is 405. The van der Waals surface area contributed by atoms with E-state index in [1.807, 2.05) is 24.8 Å². The molecule has 0 unspecified atom stereocenters. The molecule has 1 fully saturated rings. The Kier molecular flexibility index (Phi) is 3.71. The second kappa shape index (κ2) is 5.25. The highest BCUT2D eigenvalue weighted by Crippen LogP contribution is 2.29. The molecule has 17 heavy (non-hydrogen) atoms. The van der Waals surface area contributed by atoms with Crippen LogP contribution in [0.15, 0.2) is 12.3 Å². The number of rotatable bonds is 2. The summed E-state index contributed by atoms with van der Waals surface area (Å²) in [6.07, 6.45) is 5.56. The van der Waals surface area contributed by atoms with Gasteiger partial charge >= 0.3 is 0 Å². The fraction of sp³-hybridized carbons (Fsp3) is 0.615. The Morgan fingerprint density at radius 2 is 2.35 bits per heavy atom. The molecule has 4 nitrogen and oxygen atoms in total. The van der Waals surface area contributed by atoms with Crippen molar-refractivity contribution in [3.8, 4) is 0 Å². The minimum Gasteiger partial charge on any atom is -0.332 e. The van der Waals surface area contributed by atoms with E-state index < -0.39 is 0 Å². The molecule has 2 heterocycles. The summed E-state index contributed by atoms with van der Waals surface area (Å²) in [6.45, 7) is 4.71. The highest BCUT2D eigenvalue weighted by molar-refractivity contribution is 5.76. The first-order chi connectivity index (χ1) is 8.22. The van der Waals surface area contributed by atoms with E-state index in [0.717, 1.165) is 37.3 Å². The smallest absolute Gasteiger partial charge is 0.222 e. The number of amides is 1. The topological polar surface area (TPSA) is 46.1 Å². The molecule has 0 saturated carbocycles. The van der Waals surface area contributed by atoms with Crippen LogP contribution >= 0.6 is 0 Å². The van der Waals surface area contributed by atoms with Crippen molar-refractivity contribution < 1.29 is 4.79 Å². The quantitative estimate of drug-likeness (QED) is 0.787. The number of carbonyl (C=O) groups excluding carboxylic acids is 1. The first-order valence-electron chi connectivity index (χ1n) is 6.31. The van der Waals surface area contributed by atoms with Crippen molar-refractivity contribution in [1.29, 1.82) is 0 Å². The lowest BCUT2D eigenvalue weighted by Crippen LogP contribution is -2.38. The van der Waals surface area contributed by atoms with Crippen LogP contribution in [0.3, 0.4) is 0 Å². The number of likely N-dealkylation sites (tertiary alicyclic amines) is 1. The van der Waals surface area contributed by atoms with Crippen molar-refractivity contribution >= 4 is 5.91 Å². The fourth-order valence-electron chi connectivity index (χ4n) is 2.33. The summed E-state index contributed by atoms with van der Waals surface area (Å²) in [4.78, 5) is 22.6. The molecule has 1 atom stereocenters. The molecule has 1 aliphatic heterocycles. The fourth-order valence-corrected chi connectivity index (χ4v) is 2.33. The molecule has 0 aromatic carbocycles. The van der Waals surface area contributed by atoms with Crippen LogP contribution in [0.5, 0.6) is 0 Å². The SMILES string of the molecule is CCC(=O)N1CCCC[C@@H]1c1nccc(C)n1. The van der Waals surface area contributed by atoms with Gasteiger partial charge in [-0.1, -0.05) is 6.92 Å². The van der Waals surface area contributed by atoms with Gasteiger partial charge in [0, 0.05) is 24.9 Å². The van der Waals surface area contributed by atoms with Gasteiger partial charge in [0.15, 0.2) is 5.82 Å². The van der Waals surface area contributed by atoms with E-state index in [2.05, 4.69) is 9.97 Å². The summed E-state index contributed by atoms with van der Waals surface area (Å²) in [6, 6.07) is 1.97. The number of aryl methyl sites for hydroxylation is 1. The van der Waals surface area contributed by atoms with Gasteiger partial charge < -0.3 is 4.90 Å². The molecule has 1 amide bonds. The van der Waals surface area contributed by atoms with Gasteiger partial charge in [-0.3, -0.25) is 4.79 Å². The van der Waals surface area contributed by atoms with Gasteiger partial charge in [-0.25, -0.2) is 9.97 Å². The summed E-state index contributed by atoms with van der Waals surface area (Å²) in [5, 5.41) is 0. The predicted octanol–water partition coefficient (Wildman–Crippen LogP) is 2.25. The lowest BCUT2D eigenvalue weighted by Gasteiger charge is -2.34. The summed E-state index contributed by atoms with van der Waals surface area (Å²) >= 11 is 0. The third-order valence-electron chi connectivity index (χ3n) is 3.24. The Morgan fingerprint density at radius 1 is 1.53 bits per heavy atom. The Balaban J connectivity index is 2.24. The molecule has 0 spiro atoms. The van der Waals surface area contributed by atoms with Gasteiger partial charge in [0.05, 0.1) is 6.04 Å². The predicted molar refractivity (Wildman–Crippen MR) is 65.4 cm³/mol. The van der Waals surface area contributed by atoms with Crippen LogP contribution in [0.4, 0.5) is 0 Å². The number of carbonyl (C=O) groups is 1. The number of aromatic nitrogens is 2. The normalized spacial score (nSPS) is 20.4. The summed E-state index contributed by atoms with van der Waals surface area (Å²) in [7, 11) is 0. The molecule has 1 saturated heterocycles. The molecule has 1 aliphatic rings. The summed E-state index contributed by atoms with van der Waals surface area (Å²) < 4.78 is 0. The van der Waals surface area contributed by atoms with Gasteiger partial charge in [0.1, 0.15) is 0 Å². The molecule has 0 bridgehead atoms. The molecule has 0 radical (unpaired) electrons. The first-order valence-corrected chi connectivity index (χ1v) is 6.31. The standard InChI is InChI=1S/C13H19N3O/c1-3-12(17)16-9-5-4-6-11(16)13-14-8-7-10(2)15-13/h7-8,11H,3-6,9H2,1-2H3/t11-/m1/s1. The Morgan fingerprint density at radius 3 is 3.06 bits per heavy atom. The van der Waals surface area contributed by atoms with Crippen LogP contribution in [0.1, 0.15) is 50.2 Å². The third-order valence-corrected chi connectivity index (χ3v) is 3.24. The Labute approximate surface area is 102 Å². The van der Waals surface area contributed by atoms with E-state index in [-0.39, 0.29) is 11.9 Å². The minimum absolute atomic E-state index is 0.0797. The van der Waals surface area contributed by atoms with Gasteiger partial charge in [0.25, 0.3) is 0 Å². The van der Waals surface area contributed by atoms with E-state index in [4.69, 9.17) is 0 Å². The summed E-state index contributed by atoms with van der Waals surface area (Å²) in [5.41, 5.74) is 0.962. The molecule has 1 aromatic rings. The second-order valence-corrected chi connectivity index (χ2v) is 4.51. The zero-order valence-corrected chi connectivity index (χ0v) is 10.5. The minimum atomic E-state index is 0.0797. The zero-order chi connectivity index (χ0) is 12.3. The van der Waals surface area contributed by atoms with E-state index in [1.165, 1.54) is 0 Å². The van der Waals surface area contributed by atoms with Crippen LogP contribution < -0.4 is 0 Å². The maximum absolute atomic E-state index is 11.9. The molecular weight excluding hydrogens is 214 g/mol. The highest BCUT2D eigenvalue weighted by Gasteiger charge is 2.28. The Hall–Kier alpha value is -1.45. The molecule has 0 N–H and O–H groups in total. The average Bonchev–Trinajstić information content (AvgIpc) is 2.38. The van der Waals surface area contributed by atoms with Gasteiger partial charge in [0.2, 0.25) is 5.91 Å². The third kappa shape index (κ3) is 2.62. The van der Waals surface area contributed by atoms with Crippen LogP contribution in [-0.4, -0.2) is 27.3 Å². The highest BCUT2D eigenvalue weighted by atomic mass is 16.2. The monoisotopic (exact) mass is 233 g/mol. The van der Waals surface area contributed by atoms with Crippen LogP contribution in [0, 0.1) is 6.92 Å².